The SMILES string of the molecule is CNCc1cccc(Cl)c1N1CCC(c2ccccc2)C1. The highest BCUT2D eigenvalue weighted by molar-refractivity contribution is 6.33. The predicted octanol–water partition coefficient (Wildman–Crippen LogP) is 4.05. The predicted molar refractivity (Wildman–Crippen MR) is 90.2 cm³/mol. The monoisotopic (exact) mass is 300 g/mol. The summed E-state index contributed by atoms with van der Waals surface area (Å²) in [4.78, 5) is 2.44. The minimum atomic E-state index is 0.602. The van der Waals surface area contributed by atoms with Crippen LogP contribution >= 0.6 is 11.6 Å². The molecule has 2 aromatic rings. The molecule has 1 fully saturated rings. The van der Waals surface area contributed by atoms with Crippen LogP contribution in [0.15, 0.2) is 48.5 Å². The summed E-state index contributed by atoms with van der Waals surface area (Å²) in [7, 11) is 1.97. The summed E-state index contributed by atoms with van der Waals surface area (Å²) in [6, 6.07) is 17.0. The summed E-state index contributed by atoms with van der Waals surface area (Å²) in [6.45, 7) is 2.97. The van der Waals surface area contributed by atoms with Crippen molar-refractivity contribution < 1.29 is 0 Å². The molecular weight excluding hydrogens is 280 g/mol. The quantitative estimate of drug-likeness (QED) is 0.916. The molecule has 0 saturated carbocycles. The minimum Gasteiger partial charge on any atom is -0.369 e. The molecule has 21 heavy (non-hydrogen) atoms. The van der Waals surface area contributed by atoms with Crippen LogP contribution in [0.3, 0.4) is 0 Å². The fourth-order valence-corrected chi connectivity index (χ4v) is 3.52. The fraction of sp³-hybridized carbons (Fsp3) is 0.333. The number of hydrogen-bond donors (Lipinski definition) is 1. The molecule has 0 aliphatic carbocycles. The summed E-state index contributed by atoms with van der Waals surface area (Å²) in [6.07, 6.45) is 1.19. The van der Waals surface area contributed by atoms with E-state index in [4.69, 9.17) is 11.6 Å². The highest BCUT2D eigenvalue weighted by Gasteiger charge is 2.26. The van der Waals surface area contributed by atoms with E-state index in [0.717, 1.165) is 24.7 Å². The van der Waals surface area contributed by atoms with Gasteiger partial charge in [0.1, 0.15) is 0 Å². The number of nitrogens with one attached hydrogen (secondary N) is 1. The van der Waals surface area contributed by atoms with Crippen molar-refractivity contribution in [3.63, 3.8) is 0 Å². The van der Waals surface area contributed by atoms with E-state index < -0.39 is 0 Å². The van der Waals surface area contributed by atoms with Crippen LogP contribution in [0.4, 0.5) is 5.69 Å². The number of nitrogens with zero attached hydrogens (tertiary/aromatic N) is 1. The highest BCUT2D eigenvalue weighted by Crippen LogP contribution is 2.36. The lowest BCUT2D eigenvalue weighted by atomic mass is 9.99. The number of para-hydroxylation sites is 1. The molecule has 0 spiro atoms. The molecule has 1 N–H and O–H groups in total. The summed E-state index contributed by atoms with van der Waals surface area (Å²) in [5.41, 5.74) is 3.91. The average molecular weight is 301 g/mol. The molecule has 3 heteroatoms. The molecule has 1 atom stereocenters. The second-order valence-corrected chi connectivity index (χ2v) is 6.03. The van der Waals surface area contributed by atoms with Gasteiger partial charge in [-0.05, 0) is 30.7 Å². The molecule has 2 aromatic carbocycles. The maximum atomic E-state index is 6.47. The van der Waals surface area contributed by atoms with Gasteiger partial charge in [0, 0.05) is 25.6 Å². The van der Waals surface area contributed by atoms with Gasteiger partial charge in [-0.3, -0.25) is 0 Å². The van der Waals surface area contributed by atoms with Gasteiger partial charge in [-0.1, -0.05) is 54.1 Å². The molecule has 110 valence electrons. The number of rotatable bonds is 4. The lowest BCUT2D eigenvalue weighted by molar-refractivity contribution is 0.773. The van der Waals surface area contributed by atoms with E-state index in [-0.39, 0.29) is 0 Å². The zero-order valence-corrected chi connectivity index (χ0v) is 13.1. The largest absolute Gasteiger partial charge is 0.369 e. The van der Waals surface area contributed by atoms with E-state index in [0.29, 0.717) is 5.92 Å². The van der Waals surface area contributed by atoms with Gasteiger partial charge in [0.25, 0.3) is 0 Å². The van der Waals surface area contributed by atoms with Gasteiger partial charge >= 0.3 is 0 Å². The standard InChI is InChI=1S/C18H21ClN2/c1-20-12-15-8-5-9-17(19)18(15)21-11-10-16(13-21)14-6-3-2-4-7-14/h2-9,16,20H,10-13H2,1H3. The third kappa shape index (κ3) is 3.07. The topological polar surface area (TPSA) is 15.3 Å². The first kappa shape index (κ1) is 14.4. The second kappa shape index (κ2) is 6.50. The Hall–Kier alpha value is -1.51. The lowest BCUT2D eigenvalue weighted by Crippen LogP contribution is -2.22. The van der Waals surface area contributed by atoms with E-state index in [1.54, 1.807) is 0 Å². The Kier molecular flexibility index (Phi) is 4.47. The van der Waals surface area contributed by atoms with Crippen molar-refractivity contribution in [1.82, 2.24) is 5.32 Å². The van der Waals surface area contributed by atoms with Crippen LogP contribution < -0.4 is 10.2 Å². The first-order valence-electron chi connectivity index (χ1n) is 7.51. The third-order valence-corrected chi connectivity index (χ3v) is 4.52. The molecule has 0 bridgehead atoms. The van der Waals surface area contributed by atoms with E-state index in [2.05, 4.69) is 46.6 Å². The van der Waals surface area contributed by atoms with Gasteiger partial charge in [-0.2, -0.15) is 0 Å². The van der Waals surface area contributed by atoms with Crippen LogP contribution in [-0.4, -0.2) is 20.1 Å². The molecule has 1 aliphatic heterocycles. The highest BCUT2D eigenvalue weighted by atomic mass is 35.5. The molecule has 2 nitrogen and oxygen atoms in total. The molecule has 1 heterocycles. The Balaban J connectivity index is 1.83. The zero-order valence-electron chi connectivity index (χ0n) is 12.3. The van der Waals surface area contributed by atoms with Crippen molar-refractivity contribution >= 4 is 17.3 Å². The van der Waals surface area contributed by atoms with Gasteiger partial charge in [-0.25, -0.2) is 0 Å². The molecule has 1 saturated heterocycles. The summed E-state index contributed by atoms with van der Waals surface area (Å²) in [5.74, 6) is 0.602. The molecule has 1 aliphatic rings. The minimum absolute atomic E-state index is 0.602. The van der Waals surface area contributed by atoms with Crippen LogP contribution in [0, 0.1) is 0 Å². The maximum Gasteiger partial charge on any atom is 0.0642 e. The van der Waals surface area contributed by atoms with Crippen LogP contribution in [-0.2, 0) is 6.54 Å². The maximum absolute atomic E-state index is 6.47. The van der Waals surface area contributed by atoms with Gasteiger partial charge in [-0.15, -0.1) is 0 Å². The van der Waals surface area contributed by atoms with Crippen molar-refractivity contribution in [3.05, 3.63) is 64.7 Å². The van der Waals surface area contributed by atoms with Crippen molar-refractivity contribution in [3.8, 4) is 0 Å². The Bertz CT molecular complexity index is 597. The van der Waals surface area contributed by atoms with Crippen LogP contribution in [0.5, 0.6) is 0 Å². The van der Waals surface area contributed by atoms with E-state index in [9.17, 15) is 0 Å². The summed E-state index contributed by atoms with van der Waals surface area (Å²) >= 11 is 6.47. The smallest absolute Gasteiger partial charge is 0.0642 e. The lowest BCUT2D eigenvalue weighted by Gasteiger charge is -2.23. The van der Waals surface area contributed by atoms with Crippen molar-refractivity contribution in [2.45, 2.75) is 18.9 Å². The zero-order chi connectivity index (χ0) is 14.7. The average Bonchev–Trinajstić information content (AvgIpc) is 2.98. The van der Waals surface area contributed by atoms with Gasteiger partial charge in [0.2, 0.25) is 0 Å². The number of anilines is 1. The Labute approximate surface area is 131 Å². The molecule has 0 amide bonds. The number of hydrogen-bond acceptors (Lipinski definition) is 2. The Morgan fingerprint density at radius 3 is 2.71 bits per heavy atom. The van der Waals surface area contributed by atoms with Crippen molar-refractivity contribution in [2.75, 3.05) is 25.0 Å². The van der Waals surface area contributed by atoms with Gasteiger partial charge in [0.15, 0.2) is 0 Å². The first-order valence-corrected chi connectivity index (χ1v) is 7.89. The fourth-order valence-electron chi connectivity index (χ4n) is 3.21. The van der Waals surface area contributed by atoms with E-state index >= 15 is 0 Å². The van der Waals surface area contributed by atoms with Gasteiger partial charge < -0.3 is 10.2 Å². The normalized spacial score (nSPS) is 18.2. The molecular formula is C18H21ClN2. The van der Waals surface area contributed by atoms with Crippen molar-refractivity contribution in [2.24, 2.45) is 0 Å². The number of halogens is 1. The van der Waals surface area contributed by atoms with E-state index in [1.807, 2.05) is 19.2 Å². The van der Waals surface area contributed by atoms with Gasteiger partial charge in [0.05, 0.1) is 10.7 Å². The van der Waals surface area contributed by atoms with Crippen LogP contribution in [0.2, 0.25) is 5.02 Å². The van der Waals surface area contributed by atoms with Crippen LogP contribution in [0.25, 0.3) is 0 Å². The van der Waals surface area contributed by atoms with E-state index in [1.165, 1.54) is 23.2 Å². The number of benzene rings is 2. The van der Waals surface area contributed by atoms with Crippen LogP contribution in [0.1, 0.15) is 23.5 Å². The van der Waals surface area contributed by atoms with Crippen molar-refractivity contribution in [1.29, 1.82) is 0 Å². The molecule has 3 rings (SSSR count). The molecule has 0 radical (unpaired) electrons. The second-order valence-electron chi connectivity index (χ2n) is 5.62. The molecule has 1 unspecified atom stereocenters. The first-order chi connectivity index (χ1) is 10.3. The Morgan fingerprint density at radius 1 is 1.14 bits per heavy atom. The Morgan fingerprint density at radius 2 is 1.95 bits per heavy atom. The molecule has 0 aromatic heterocycles. The summed E-state index contributed by atoms with van der Waals surface area (Å²) in [5, 5.41) is 4.09. The third-order valence-electron chi connectivity index (χ3n) is 4.21. The summed E-state index contributed by atoms with van der Waals surface area (Å²) < 4.78 is 0.